The van der Waals surface area contributed by atoms with Crippen molar-refractivity contribution in [3.05, 3.63) is 64.2 Å². The fourth-order valence-corrected chi connectivity index (χ4v) is 3.47. The minimum Gasteiger partial charge on any atom is -0.483 e. The number of carbonyl (C=O) groups excluding carboxylic acids is 2. The smallest absolute Gasteiger partial charge is 0.261 e. The summed E-state index contributed by atoms with van der Waals surface area (Å²) in [4.78, 5) is 27.8. The van der Waals surface area contributed by atoms with Crippen LogP contribution in [0.2, 0.25) is 5.02 Å². The Morgan fingerprint density at radius 3 is 2.42 bits per heavy atom. The van der Waals surface area contributed by atoms with E-state index in [0.717, 1.165) is 23.1 Å². The fourth-order valence-electron chi connectivity index (χ4n) is 3.27. The summed E-state index contributed by atoms with van der Waals surface area (Å²) in [6.45, 7) is 9.92. The first kappa shape index (κ1) is 24.7. The van der Waals surface area contributed by atoms with Gasteiger partial charge < -0.3 is 15.0 Å². The molecule has 0 spiro atoms. The van der Waals surface area contributed by atoms with Gasteiger partial charge in [-0.05, 0) is 62.4 Å². The largest absolute Gasteiger partial charge is 0.483 e. The van der Waals surface area contributed by atoms with Crippen molar-refractivity contribution in [1.82, 2.24) is 10.2 Å². The SMILES string of the molecule is CC[C@H](C)NC(=O)[C@H](CC)N(Cc1ccccc1Cl)C(=O)COc1cccc(C)c1C. The highest BCUT2D eigenvalue weighted by molar-refractivity contribution is 6.31. The molecule has 2 atom stereocenters. The predicted octanol–water partition coefficient (Wildman–Crippen LogP) is 5.06. The number of halogens is 1. The average Bonchev–Trinajstić information content (AvgIpc) is 2.75. The van der Waals surface area contributed by atoms with Crippen LogP contribution in [-0.4, -0.2) is 35.4 Å². The molecule has 0 fully saturated rings. The Balaban J connectivity index is 2.26. The number of carbonyl (C=O) groups is 2. The zero-order valence-electron chi connectivity index (χ0n) is 19.1. The van der Waals surface area contributed by atoms with E-state index >= 15 is 0 Å². The minimum absolute atomic E-state index is 0.0324. The summed E-state index contributed by atoms with van der Waals surface area (Å²) in [5, 5.41) is 3.56. The van der Waals surface area contributed by atoms with Crippen LogP contribution in [0.25, 0.3) is 0 Å². The van der Waals surface area contributed by atoms with E-state index < -0.39 is 6.04 Å². The van der Waals surface area contributed by atoms with E-state index in [0.29, 0.717) is 17.2 Å². The number of amides is 2. The maximum Gasteiger partial charge on any atom is 0.261 e. The number of benzene rings is 2. The normalized spacial score (nSPS) is 12.7. The van der Waals surface area contributed by atoms with Crippen LogP contribution in [0.3, 0.4) is 0 Å². The van der Waals surface area contributed by atoms with Gasteiger partial charge in [0.05, 0.1) is 0 Å². The van der Waals surface area contributed by atoms with E-state index in [4.69, 9.17) is 16.3 Å². The summed E-state index contributed by atoms with van der Waals surface area (Å²) in [5.74, 6) is 0.249. The Morgan fingerprint density at radius 2 is 1.77 bits per heavy atom. The maximum absolute atomic E-state index is 13.3. The van der Waals surface area contributed by atoms with Crippen molar-refractivity contribution in [2.24, 2.45) is 0 Å². The van der Waals surface area contributed by atoms with Gasteiger partial charge in [0.2, 0.25) is 5.91 Å². The lowest BCUT2D eigenvalue weighted by molar-refractivity contribution is -0.143. The number of rotatable bonds is 10. The first-order chi connectivity index (χ1) is 14.8. The zero-order valence-corrected chi connectivity index (χ0v) is 19.8. The van der Waals surface area contributed by atoms with Crippen molar-refractivity contribution < 1.29 is 14.3 Å². The Morgan fingerprint density at radius 1 is 1.06 bits per heavy atom. The maximum atomic E-state index is 13.3. The zero-order chi connectivity index (χ0) is 23.0. The molecule has 0 radical (unpaired) electrons. The highest BCUT2D eigenvalue weighted by atomic mass is 35.5. The van der Waals surface area contributed by atoms with E-state index in [2.05, 4.69) is 5.32 Å². The second-order valence-electron chi connectivity index (χ2n) is 7.84. The minimum atomic E-state index is -0.611. The molecule has 0 bridgehead atoms. The molecular weight excluding hydrogens is 412 g/mol. The van der Waals surface area contributed by atoms with E-state index in [1.54, 1.807) is 11.0 Å². The van der Waals surface area contributed by atoms with E-state index in [9.17, 15) is 9.59 Å². The van der Waals surface area contributed by atoms with Crippen LogP contribution < -0.4 is 10.1 Å². The first-order valence-electron chi connectivity index (χ1n) is 10.8. The van der Waals surface area contributed by atoms with Crippen molar-refractivity contribution in [2.75, 3.05) is 6.61 Å². The lowest BCUT2D eigenvalue weighted by Crippen LogP contribution is -2.51. The quantitative estimate of drug-likeness (QED) is 0.557. The molecule has 0 aliphatic heterocycles. The lowest BCUT2D eigenvalue weighted by Gasteiger charge is -2.31. The number of aryl methyl sites for hydroxylation is 1. The van der Waals surface area contributed by atoms with Gasteiger partial charge in [0, 0.05) is 17.6 Å². The van der Waals surface area contributed by atoms with Gasteiger partial charge >= 0.3 is 0 Å². The third-order valence-corrected chi connectivity index (χ3v) is 5.96. The number of nitrogens with one attached hydrogen (secondary N) is 1. The predicted molar refractivity (Wildman–Crippen MR) is 125 cm³/mol. The Kier molecular flexibility index (Phi) is 9.38. The third kappa shape index (κ3) is 6.73. The van der Waals surface area contributed by atoms with Gasteiger partial charge in [0.1, 0.15) is 11.8 Å². The second kappa shape index (κ2) is 11.8. The molecular formula is C25H33ClN2O3. The molecule has 6 heteroatoms. The van der Waals surface area contributed by atoms with Crippen LogP contribution in [-0.2, 0) is 16.1 Å². The van der Waals surface area contributed by atoms with Gasteiger partial charge in [-0.1, -0.05) is 55.8 Å². The molecule has 0 saturated carbocycles. The van der Waals surface area contributed by atoms with E-state index in [1.165, 1.54) is 0 Å². The van der Waals surface area contributed by atoms with Crippen molar-refractivity contribution in [1.29, 1.82) is 0 Å². The second-order valence-corrected chi connectivity index (χ2v) is 8.25. The number of hydrogen-bond donors (Lipinski definition) is 1. The molecule has 0 saturated heterocycles. The molecule has 0 heterocycles. The first-order valence-corrected chi connectivity index (χ1v) is 11.2. The lowest BCUT2D eigenvalue weighted by atomic mass is 10.1. The highest BCUT2D eigenvalue weighted by Gasteiger charge is 2.30. The molecule has 5 nitrogen and oxygen atoms in total. The van der Waals surface area contributed by atoms with E-state index in [-0.39, 0.29) is 31.0 Å². The van der Waals surface area contributed by atoms with Crippen LogP contribution in [0.5, 0.6) is 5.75 Å². The van der Waals surface area contributed by atoms with Crippen LogP contribution in [0.4, 0.5) is 0 Å². The summed E-state index contributed by atoms with van der Waals surface area (Å²) >= 11 is 6.35. The molecule has 1 N–H and O–H groups in total. The van der Waals surface area contributed by atoms with Crippen molar-refractivity contribution in [3.8, 4) is 5.75 Å². The highest BCUT2D eigenvalue weighted by Crippen LogP contribution is 2.22. The van der Waals surface area contributed by atoms with Crippen LogP contribution >= 0.6 is 11.6 Å². The van der Waals surface area contributed by atoms with E-state index in [1.807, 2.05) is 71.0 Å². The summed E-state index contributed by atoms with van der Waals surface area (Å²) in [7, 11) is 0. The average molecular weight is 445 g/mol. The van der Waals surface area contributed by atoms with Gasteiger partial charge in [0.15, 0.2) is 6.61 Å². The Hall–Kier alpha value is -2.53. The van der Waals surface area contributed by atoms with Crippen molar-refractivity contribution >= 4 is 23.4 Å². The van der Waals surface area contributed by atoms with Crippen LogP contribution in [0.15, 0.2) is 42.5 Å². The Labute approximate surface area is 190 Å². The number of ether oxygens (including phenoxy) is 1. The molecule has 2 aromatic carbocycles. The third-order valence-electron chi connectivity index (χ3n) is 5.59. The Bertz CT molecular complexity index is 900. The molecule has 2 amide bonds. The molecule has 0 unspecified atom stereocenters. The fraction of sp³-hybridized carbons (Fsp3) is 0.440. The molecule has 31 heavy (non-hydrogen) atoms. The summed E-state index contributed by atoms with van der Waals surface area (Å²) in [5.41, 5.74) is 2.88. The van der Waals surface area contributed by atoms with Crippen molar-refractivity contribution in [3.63, 3.8) is 0 Å². The topological polar surface area (TPSA) is 58.6 Å². The monoisotopic (exact) mass is 444 g/mol. The summed E-state index contributed by atoms with van der Waals surface area (Å²) < 4.78 is 5.85. The van der Waals surface area contributed by atoms with Gasteiger partial charge in [-0.15, -0.1) is 0 Å². The molecule has 0 aliphatic carbocycles. The molecule has 2 rings (SSSR count). The van der Waals surface area contributed by atoms with Crippen LogP contribution in [0.1, 0.15) is 50.3 Å². The standard InChI is InChI=1S/C25H33ClN2O3/c1-6-18(4)27-25(30)22(7-2)28(15-20-12-8-9-13-21(20)26)24(29)16-31-23-14-10-11-17(3)19(23)5/h8-14,18,22H,6-7,15-16H2,1-5H3,(H,27,30)/t18-,22-/m0/s1. The van der Waals surface area contributed by atoms with Crippen LogP contribution in [0, 0.1) is 13.8 Å². The van der Waals surface area contributed by atoms with Crippen molar-refractivity contribution in [2.45, 2.75) is 66.1 Å². The molecule has 168 valence electrons. The number of hydrogen-bond acceptors (Lipinski definition) is 3. The number of nitrogens with zero attached hydrogens (tertiary/aromatic N) is 1. The van der Waals surface area contributed by atoms with Gasteiger partial charge in [-0.25, -0.2) is 0 Å². The van der Waals surface area contributed by atoms with Gasteiger partial charge in [-0.2, -0.15) is 0 Å². The molecule has 2 aromatic rings. The van der Waals surface area contributed by atoms with Gasteiger partial charge in [0.25, 0.3) is 5.91 Å². The van der Waals surface area contributed by atoms with Gasteiger partial charge in [-0.3, -0.25) is 9.59 Å². The summed E-state index contributed by atoms with van der Waals surface area (Å²) in [6, 6.07) is 12.5. The molecule has 0 aliphatic rings. The summed E-state index contributed by atoms with van der Waals surface area (Å²) in [6.07, 6.45) is 1.30. The molecule has 0 aromatic heterocycles.